The van der Waals surface area contributed by atoms with E-state index in [-0.39, 0.29) is 0 Å². The van der Waals surface area contributed by atoms with E-state index in [2.05, 4.69) is 70.2 Å². The zero-order valence-electron chi connectivity index (χ0n) is 28.8. The minimum absolute atomic E-state index is 0.438. The number of Topliss-reactive ketones (excluding diaryl/α,β-unsaturated/α-hetero) is 1. The highest BCUT2D eigenvalue weighted by atomic mass is 16.1. The zero-order chi connectivity index (χ0) is 30.6. The van der Waals surface area contributed by atoms with Crippen molar-refractivity contribution in [3.63, 3.8) is 0 Å². The Balaban J connectivity index is 0.00000301. The summed E-state index contributed by atoms with van der Waals surface area (Å²) in [5.41, 5.74) is 4.13. The fraction of sp³-hybridized carbons (Fsp3) is 0.732. The molecule has 0 amide bonds. The molecule has 0 radical (unpaired) electrons. The van der Waals surface area contributed by atoms with Crippen LogP contribution in [0.15, 0.2) is 59.3 Å². The summed E-state index contributed by atoms with van der Waals surface area (Å²) in [6.07, 6.45) is 40.1. The molecule has 5 unspecified atom stereocenters. The molecule has 0 aliphatic heterocycles. The van der Waals surface area contributed by atoms with Gasteiger partial charge in [-0.1, -0.05) is 120 Å². The Bertz CT molecular complexity index is 896. The van der Waals surface area contributed by atoms with E-state index >= 15 is 0 Å². The van der Waals surface area contributed by atoms with Gasteiger partial charge in [0, 0.05) is 6.42 Å². The highest BCUT2D eigenvalue weighted by Crippen LogP contribution is 2.40. The average molecular weight is 577 g/mol. The first kappa shape index (κ1) is 36.6. The third-order valence-corrected chi connectivity index (χ3v) is 10.2. The quantitative estimate of drug-likeness (QED) is 0.101. The summed E-state index contributed by atoms with van der Waals surface area (Å²) >= 11 is 0. The van der Waals surface area contributed by atoms with Crippen LogP contribution in [-0.2, 0) is 4.79 Å². The summed E-state index contributed by atoms with van der Waals surface area (Å²) in [5, 5.41) is 0. The van der Waals surface area contributed by atoms with Crippen LogP contribution >= 0.6 is 0 Å². The Morgan fingerprint density at radius 1 is 0.929 bits per heavy atom. The molecule has 42 heavy (non-hydrogen) atoms. The number of rotatable bonds is 16. The molecular weight excluding hydrogens is 508 g/mol. The molecule has 1 heteroatoms. The third-order valence-electron chi connectivity index (χ3n) is 10.2. The van der Waals surface area contributed by atoms with E-state index in [9.17, 15) is 4.79 Å². The Hall–Kier alpha value is -1.63. The van der Waals surface area contributed by atoms with E-state index < -0.39 is 0 Å². The minimum Gasteiger partial charge on any atom is -0.295 e. The number of carbonyl (C=O) groups excluding carboxylic acids is 1. The topological polar surface area (TPSA) is 17.1 Å². The van der Waals surface area contributed by atoms with Crippen LogP contribution in [0.1, 0.15) is 164 Å². The van der Waals surface area contributed by atoms with E-state index in [0.717, 1.165) is 54.9 Å². The highest BCUT2D eigenvalue weighted by Gasteiger charge is 2.26. The molecule has 0 aromatic heterocycles. The second-order valence-corrected chi connectivity index (χ2v) is 13.6. The van der Waals surface area contributed by atoms with Crippen LogP contribution < -0.4 is 0 Å². The summed E-state index contributed by atoms with van der Waals surface area (Å²) < 4.78 is 0. The van der Waals surface area contributed by atoms with Gasteiger partial charge in [-0.3, -0.25) is 4.79 Å². The molecule has 0 N–H and O–H groups in total. The van der Waals surface area contributed by atoms with Gasteiger partial charge >= 0.3 is 0 Å². The lowest BCUT2D eigenvalue weighted by Gasteiger charge is -2.33. The van der Waals surface area contributed by atoms with Gasteiger partial charge in [0.15, 0.2) is 5.78 Å². The number of hydrogen-bond donors (Lipinski definition) is 0. The van der Waals surface area contributed by atoms with Crippen molar-refractivity contribution >= 4 is 5.78 Å². The van der Waals surface area contributed by atoms with Crippen LogP contribution in [0.2, 0.25) is 0 Å². The molecular formula is C41H68O. The van der Waals surface area contributed by atoms with Gasteiger partial charge in [-0.25, -0.2) is 0 Å². The van der Waals surface area contributed by atoms with Crippen molar-refractivity contribution in [2.45, 2.75) is 164 Å². The normalized spacial score (nSPS) is 26.0. The van der Waals surface area contributed by atoms with Crippen LogP contribution in [0.5, 0.6) is 0 Å². The third kappa shape index (κ3) is 13.8. The van der Waals surface area contributed by atoms with Gasteiger partial charge in [-0.05, 0) is 126 Å². The SMILES string of the molecule is C/C=C\CCCC(CC1CCCC(CC2=CCCC(C(=O)CCCCC3CCCC(C)C3)=C2)C1)C(/C=C\C)=C/C.CC. The largest absolute Gasteiger partial charge is 0.295 e. The molecule has 0 saturated heterocycles. The molecule has 238 valence electrons. The lowest BCUT2D eigenvalue weighted by molar-refractivity contribution is -0.115. The standard InChI is InChI=1S/C39H62O.C2H6/c1-5-8-9-10-23-37(36(7-3)16-6-2)29-34-21-14-20-33(27-34)28-35-22-15-24-38(30-35)39(40)25-12-11-18-32-19-13-17-31(4)26-32;1-2/h5-8,16,22,30-34,37H,9-15,17-21,23-29H2,1-4H3;1-2H3/b8-5-,16-6-,36-7+;. The monoisotopic (exact) mass is 577 g/mol. The van der Waals surface area contributed by atoms with Gasteiger partial charge in [0.1, 0.15) is 0 Å². The first-order valence-corrected chi connectivity index (χ1v) is 18.3. The van der Waals surface area contributed by atoms with Crippen molar-refractivity contribution in [2.24, 2.45) is 29.6 Å². The van der Waals surface area contributed by atoms with Gasteiger partial charge in [0.25, 0.3) is 0 Å². The van der Waals surface area contributed by atoms with Crippen molar-refractivity contribution in [1.82, 2.24) is 0 Å². The van der Waals surface area contributed by atoms with Crippen LogP contribution in [0.4, 0.5) is 0 Å². The van der Waals surface area contributed by atoms with Crippen LogP contribution in [-0.4, -0.2) is 5.78 Å². The Kier molecular flexibility index (Phi) is 19.1. The van der Waals surface area contributed by atoms with E-state index in [1.54, 1.807) is 5.57 Å². The van der Waals surface area contributed by atoms with Crippen molar-refractivity contribution in [2.75, 3.05) is 0 Å². The minimum atomic E-state index is 0.438. The molecule has 3 rings (SSSR count). The van der Waals surface area contributed by atoms with Crippen molar-refractivity contribution in [1.29, 1.82) is 0 Å². The fourth-order valence-corrected chi connectivity index (χ4v) is 8.10. The average Bonchev–Trinajstić information content (AvgIpc) is 3.01. The fourth-order valence-electron chi connectivity index (χ4n) is 8.10. The van der Waals surface area contributed by atoms with Crippen LogP contribution in [0, 0.1) is 29.6 Å². The van der Waals surface area contributed by atoms with E-state index in [0.29, 0.717) is 11.7 Å². The predicted octanol–water partition coefficient (Wildman–Crippen LogP) is 13.1. The lowest BCUT2D eigenvalue weighted by atomic mass is 9.73. The lowest BCUT2D eigenvalue weighted by Crippen LogP contribution is -2.20. The molecule has 2 fully saturated rings. The molecule has 0 spiro atoms. The predicted molar refractivity (Wildman–Crippen MR) is 187 cm³/mol. The van der Waals surface area contributed by atoms with Gasteiger partial charge in [-0.15, -0.1) is 0 Å². The molecule has 3 aliphatic rings. The summed E-state index contributed by atoms with van der Waals surface area (Å²) in [6.45, 7) is 12.9. The Morgan fingerprint density at radius 3 is 2.43 bits per heavy atom. The number of allylic oxidation sites excluding steroid dienone is 10. The molecule has 1 nitrogen and oxygen atoms in total. The van der Waals surface area contributed by atoms with Gasteiger partial charge in [0.2, 0.25) is 0 Å². The van der Waals surface area contributed by atoms with E-state index in [1.807, 2.05) is 13.8 Å². The van der Waals surface area contributed by atoms with Gasteiger partial charge in [-0.2, -0.15) is 0 Å². The second-order valence-electron chi connectivity index (χ2n) is 13.6. The van der Waals surface area contributed by atoms with E-state index in [4.69, 9.17) is 0 Å². The van der Waals surface area contributed by atoms with Crippen molar-refractivity contribution in [3.8, 4) is 0 Å². The maximum absolute atomic E-state index is 13.1. The van der Waals surface area contributed by atoms with Gasteiger partial charge in [0.05, 0.1) is 0 Å². The second kappa shape index (κ2) is 22.0. The first-order chi connectivity index (χ1) is 20.5. The smallest absolute Gasteiger partial charge is 0.158 e. The summed E-state index contributed by atoms with van der Waals surface area (Å²) in [7, 11) is 0. The van der Waals surface area contributed by atoms with Crippen LogP contribution in [0.25, 0.3) is 0 Å². The molecule has 5 atom stereocenters. The summed E-state index contributed by atoms with van der Waals surface area (Å²) in [6, 6.07) is 0. The molecule has 0 bridgehead atoms. The van der Waals surface area contributed by atoms with E-state index in [1.165, 1.54) is 102 Å². The first-order valence-electron chi connectivity index (χ1n) is 18.3. The summed E-state index contributed by atoms with van der Waals surface area (Å²) in [5.74, 6) is 4.58. The maximum Gasteiger partial charge on any atom is 0.158 e. The maximum atomic E-state index is 13.1. The Labute approximate surface area is 262 Å². The number of carbonyl (C=O) groups is 1. The molecule has 0 aromatic carbocycles. The Morgan fingerprint density at radius 2 is 1.69 bits per heavy atom. The highest BCUT2D eigenvalue weighted by molar-refractivity contribution is 5.96. The molecule has 0 aromatic rings. The molecule has 0 heterocycles. The zero-order valence-corrected chi connectivity index (χ0v) is 28.8. The van der Waals surface area contributed by atoms with Gasteiger partial charge < -0.3 is 0 Å². The van der Waals surface area contributed by atoms with Crippen molar-refractivity contribution < 1.29 is 4.79 Å². The molecule has 3 aliphatic carbocycles. The summed E-state index contributed by atoms with van der Waals surface area (Å²) in [4.78, 5) is 13.1. The van der Waals surface area contributed by atoms with Crippen LogP contribution in [0.3, 0.4) is 0 Å². The number of unbranched alkanes of at least 4 members (excludes halogenated alkanes) is 2. The molecule has 2 saturated carbocycles. The number of ketones is 1. The number of hydrogen-bond acceptors (Lipinski definition) is 1. The van der Waals surface area contributed by atoms with Crippen molar-refractivity contribution in [3.05, 3.63) is 59.3 Å².